The highest BCUT2D eigenvalue weighted by atomic mass is 16.5. The van der Waals surface area contributed by atoms with E-state index in [1.54, 1.807) is 25.3 Å². The first-order valence-electron chi connectivity index (χ1n) is 7.35. The summed E-state index contributed by atoms with van der Waals surface area (Å²) in [7, 11) is 0. The Labute approximate surface area is 126 Å². The van der Waals surface area contributed by atoms with Crippen LogP contribution in [-0.2, 0) is 5.41 Å². The number of hydrogen-bond acceptors (Lipinski definition) is 3. The molecule has 0 saturated carbocycles. The van der Waals surface area contributed by atoms with Crippen LogP contribution in [0.4, 0.5) is 0 Å². The molecule has 0 aliphatic carbocycles. The van der Waals surface area contributed by atoms with Crippen LogP contribution in [0.3, 0.4) is 0 Å². The van der Waals surface area contributed by atoms with Gasteiger partial charge in [-0.1, -0.05) is 32.9 Å². The fraction of sp³-hybridized carbons (Fsp3) is 0.389. The van der Waals surface area contributed by atoms with Gasteiger partial charge in [0.25, 0.3) is 0 Å². The van der Waals surface area contributed by atoms with E-state index in [1.807, 2.05) is 12.1 Å². The second-order valence-electron chi connectivity index (χ2n) is 5.97. The van der Waals surface area contributed by atoms with Crippen molar-refractivity contribution in [3.8, 4) is 11.6 Å². The van der Waals surface area contributed by atoms with Gasteiger partial charge >= 0.3 is 0 Å². The van der Waals surface area contributed by atoms with Crippen LogP contribution in [0.1, 0.15) is 51.3 Å². The molecule has 0 aliphatic heterocycles. The van der Waals surface area contributed by atoms with Gasteiger partial charge in [0, 0.05) is 12.3 Å². The second-order valence-corrected chi connectivity index (χ2v) is 5.97. The molecule has 1 N–H and O–H groups in total. The minimum absolute atomic E-state index is 0.170. The lowest BCUT2D eigenvalue weighted by Gasteiger charge is -2.23. The highest BCUT2D eigenvalue weighted by Crippen LogP contribution is 2.29. The Balaban J connectivity index is 2.15. The van der Waals surface area contributed by atoms with Crippen molar-refractivity contribution in [3.63, 3.8) is 0 Å². The van der Waals surface area contributed by atoms with Crippen molar-refractivity contribution in [1.29, 1.82) is 0 Å². The van der Waals surface area contributed by atoms with E-state index in [0.717, 1.165) is 17.7 Å². The van der Waals surface area contributed by atoms with E-state index in [0.29, 0.717) is 5.88 Å². The number of aromatic nitrogens is 1. The van der Waals surface area contributed by atoms with E-state index >= 15 is 0 Å². The van der Waals surface area contributed by atoms with Crippen LogP contribution in [0.15, 0.2) is 42.6 Å². The molecule has 1 atom stereocenters. The van der Waals surface area contributed by atoms with Crippen LogP contribution in [0.2, 0.25) is 0 Å². The average molecular weight is 285 g/mol. The zero-order chi connectivity index (χ0) is 15.5. The predicted molar refractivity (Wildman–Crippen MR) is 84.7 cm³/mol. The average Bonchev–Trinajstić information content (AvgIpc) is 2.48. The standard InChI is InChI=1S/C18H23NO2/c1-5-18(3,4)15-6-8-16(9-7-15)21-17-12-14(13(2)20)10-11-19-17/h6-13,20H,5H2,1-4H3. The smallest absolute Gasteiger partial charge is 0.219 e. The summed E-state index contributed by atoms with van der Waals surface area (Å²) in [5, 5.41) is 9.58. The summed E-state index contributed by atoms with van der Waals surface area (Å²) in [5.41, 5.74) is 2.26. The lowest BCUT2D eigenvalue weighted by molar-refractivity contribution is 0.198. The minimum atomic E-state index is -0.525. The van der Waals surface area contributed by atoms with Gasteiger partial charge in [-0.2, -0.15) is 0 Å². The van der Waals surface area contributed by atoms with Crippen LogP contribution in [0, 0.1) is 0 Å². The second kappa shape index (κ2) is 6.27. The zero-order valence-corrected chi connectivity index (χ0v) is 13.1. The molecule has 1 aromatic carbocycles. The van der Waals surface area contributed by atoms with Crippen molar-refractivity contribution in [3.05, 3.63) is 53.7 Å². The number of hydrogen-bond donors (Lipinski definition) is 1. The molecule has 21 heavy (non-hydrogen) atoms. The van der Waals surface area contributed by atoms with Gasteiger partial charge < -0.3 is 9.84 Å². The number of aliphatic hydroxyl groups excluding tert-OH is 1. The third-order valence-corrected chi connectivity index (χ3v) is 3.98. The van der Waals surface area contributed by atoms with E-state index in [9.17, 15) is 5.11 Å². The Morgan fingerprint density at radius 3 is 2.43 bits per heavy atom. The fourth-order valence-electron chi connectivity index (χ4n) is 2.04. The van der Waals surface area contributed by atoms with Gasteiger partial charge in [0.05, 0.1) is 6.10 Å². The molecule has 0 bridgehead atoms. The zero-order valence-electron chi connectivity index (χ0n) is 13.1. The summed E-state index contributed by atoms with van der Waals surface area (Å²) >= 11 is 0. The van der Waals surface area contributed by atoms with Crippen LogP contribution in [0.25, 0.3) is 0 Å². The molecule has 3 nitrogen and oxygen atoms in total. The largest absolute Gasteiger partial charge is 0.439 e. The molecule has 0 amide bonds. The third-order valence-electron chi connectivity index (χ3n) is 3.98. The molecule has 0 spiro atoms. The minimum Gasteiger partial charge on any atom is -0.439 e. The molecular formula is C18H23NO2. The highest BCUT2D eigenvalue weighted by molar-refractivity contribution is 5.34. The van der Waals surface area contributed by atoms with E-state index in [1.165, 1.54) is 5.56 Å². The summed E-state index contributed by atoms with van der Waals surface area (Å²) in [5.74, 6) is 1.25. The van der Waals surface area contributed by atoms with Gasteiger partial charge in [-0.25, -0.2) is 4.98 Å². The number of benzene rings is 1. The van der Waals surface area contributed by atoms with Crippen LogP contribution >= 0.6 is 0 Å². The van der Waals surface area contributed by atoms with Crippen molar-refractivity contribution in [1.82, 2.24) is 4.98 Å². The molecule has 0 aliphatic rings. The Morgan fingerprint density at radius 2 is 1.86 bits per heavy atom. The van der Waals surface area contributed by atoms with Gasteiger partial charge in [-0.05, 0) is 48.1 Å². The first kappa shape index (κ1) is 15.5. The molecule has 0 saturated heterocycles. The summed E-state index contributed by atoms with van der Waals surface area (Å²) in [6.45, 7) is 8.38. The summed E-state index contributed by atoms with van der Waals surface area (Å²) in [6.07, 6.45) is 2.21. The van der Waals surface area contributed by atoms with E-state index in [4.69, 9.17) is 4.74 Å². The lowest BCUT2D eigenvalue weighted by atomic mass is 9.82. The maximum atomic E-state index is 9.58. The number of rotatable bonds is 5. The fourth-order valence-corrected chi connectivity index (χ4v) is 2.04. The third kappa shape index (κ3) is 3.82. The molecular weight excluding hydrogens is 262 g/mol. The Hall–Kier alpha value is -1.87. The highest BCUT2D eigenvalue weighted by Gasteiger charge is 2.17. The van der Waals surface area contributed by atoms with E-state index < -0.39 is 6.10 Å². The first-order chi connectivity index (χ1) is 9.92. The molecule has 1 heterocycles. The summed E-state index contributed by atoms with van der Waals surface area (Å²) in [4.78, 5) is 4.17. The summed E-state index contributed by atoms with van der Waals surface area (Å²) in [6, 6.07) is 11.7. The lowest BCUT2D eigenvalue weighted by Crippen LogP contribution is -2.14. The van der Waals surface area contributed by atoms with Crippen molar-refractivity contribution in [2.24, 2.45) is 0 Å². The van der Waals surface area contributed by atoms with Gasteiger partial charge in [-0.15, -0.1) is 0 Å². The summed E-state index contributed by atoms with van der Waals surface area (Å²) < 4.78 is 5.75. The van der Waals surface area contributed by atoms with Crippen LogP contribution in [0.5, 0.6) is 11.6 Å². The van der Waals surface area contributed by atoms with Gasteiger partial charge in [0.2, 0.25) is 5.88 Å². The molecule has 2 aromatic rings. The molecule has 0 radical (unpaired) electrons. The molecule has 1 unspecified atom stereocenters. The number of aliphatic hydroxyl groups is 1. The van der Waals surface area contributed by atoms with E-state index in [-0.39, 0.29) is 5.41 Å². The van der Waals surface area contributed by atoms with Crippen LogP contribution in [-0.4, -0.2) is 10.1 Å². The molecule has 1 aromatic heterocycles. The molecule has 112 valence electrons. The maximum absolute atomic E-state index is 9.58. The van der Waals surface area contributed by atoms with Crippen LogP contribution < -0.4 is 4.74 Å². The maximum Gasteiger partial charge on any atom is 0.219 e. The Bertz CT molecular complexity index is 588. The van der Waals surface area contributed by atoms with Crippen molar-refractivity contribution >= 4 is 0 Å². The van der Waals surface area contributed by atoms with Gasteiger partial charge in [0.1, 0.15) is 5.75 Å². The van der Waals surface area contributed by atoms with Gasteiger partial charge in [-0.3, -0.25) is 0 Å². The van der Waals surface area contributed by atoms with Crippen molar-refractivity contribution in [2.75, 3.05) is 0 Å². The van der Waals surface area contributed by atoms with Gasteiger partial charge in [0.15, 0.2) is 0 Å². The monoisotopic (exact) mass is 285 g/mol. The topological polar surface area (TPSA) is 42.4 Å². The molecule has 0 fully saturated rings. The number of nitrogens with zero attached hydrogens (tertiary/aromatic N) is 1. The normalized spacial score (nSPS) is 13.0. The van der Waals surface area contributed by atoms with E-state index in [2.05, 4.69) is 37.9 Å². The molecule has 2 rings (SSSR count). The number of ether oxygens (including phenoxy) is 1. The van der Waals surface area contributed by atoms with Crippen molar-refractivity contribution in [2.45, 2.75) is 45.6 Å². The molecule has 3 heteroatoms. The van der Waals surface area contributed by atoms with Crippen molar-refractivity contribution < 1.29 is 9.84 Å². The SMILES string of the molecule is CCC(C)(C)c1ccc(Oc2cc(C(C)O)ccn2)cc1. The Kier molecular flexibility index (Phi) is 4.63. The predicted octanol–water partition coefficient (Wildman–Crippen LogP) is 4.61. The Morgan fingerprint density at radius 1 is 1.19 bits per heavy atom. The number of pyridine rings is 1. The first-order valence-corrected chi connectivity index (χ1v) is 7.35. The quantitative estimate of drug-likeness (QED) is 0.872.